The average molecular weight is 452 g/mol. The summed E-state index contributed by atoms with van der Waals surface area (Å²) in [7, 11) is 1.48. The first kappa shape index (κ1) is 20.4. The van der Waals surface area contributed by atoms with Crippen molar-refractivity contribution in [2.24, 2.45) is 5.92 Å². The first-order valence-corrected chi connectivity index (χ1v) is 10.7. The Morgan fingerprint density at radius 1 is 1.19 bits per heavy atom. The maximum atomic E-state index is 13.2. The highest BCUT2D eigenvalue weighted by atomic mass is 32.1. The van der Waals surface area contributed by atoms with Crippen molar-refractivity contribution in [3.05, 3.63) is 55.0 Å². The van der Waals surface area contributed by atoms with E-state index in [1.54, 1.807) is 18.3 Å². The molecule has 0 saturated heterocycles. The third kappa shape index (κ3) is 3.69. The highest BCUT2D eigenvalue weighted by Crippen LogP contribution is 2.44. The van der Waals surface area contributed by atoms with Gasteiger partial charge >= 0.3 is 0 Å². The normalized spacial score (nSPS) is 15.3. The number of alkyl halides is 2. The largest absolute Gasteiger partial charge is 0.494 e. The minimum absolute atomic E-state index is 0.390. The summed E-state index contributed by atoms with van der Waals surface area (Å²) in [5.74, 6) is -3.54. The van der Waals surface area contributed by atoms with Gasteiger partial charge in [-0.3, -0.25) is 4.79 Å². The molecule has 162 valence electrons. The van der Waals surface area contributed by atoms with Gasteiger partial charge in [-0.05, 0) is 23.2 Å². The number of ether oxygens (including phenoxy) is 1. The summed E-state index contributed by atoms with van der Waals surface area (Å²) in [5.41, 5.74) is 3.54. The van der Waals surface area contributed by atoms with Crippen molar-refractivity contribution in [2.75, 3.05) is 12.4 Å². The zero-order valence-corrected chi connectivity index (χ0v) is 17.8. The molecule has 1 aliphatic carbocycles. The topological polar surface area (TPSA) is 77.0 Å². The number of carbonyl (C=O) groups is 1. The second-order valence-electron chi connectivity index (χ2n) is 7.68. The van der Waals surface area contributed by atoms with Crippen molar-refractivity contribution in [3.63, 3.8) is 0 Å². The zero-order valence-electron chi connectivity index (χ0n) is 17.0. The van der Waals surface area contributed by atoms with Gasteiger partial charge in [0.25, 0.3) is 0 Å². The number of aromatic nitrogens is 3. The first-order valence-electron chi connectivity index (χ1n) is 9.97. The number of carbonyl (C=O) groups excluding carboxylic acids is 1. The van der Waals surface area contributed by atoms with Gasteiger partial charge in [0.2, 0.25) is 11.8 Å². The minimum Gasteiger partial charge on any atom is -0.494 e. The van der Waals surface area contributed by atoms with Crippen LogP contribution in [0, 0.1) is 5.92 Å². The summed E-state index contributed by atoms with van der Waals surface area (Å²) in [6.45, 7) is 0. The van der Waals surface area contributed by atoms with Gasteiger partial charge in [-0.25, -0.2) is 18.7 Å². The van der Waals surface area contributed by atoms with Crippen LogP contribution < -0.4 is 10.1 Å². The number of halogens is 2. The lowest BCUT2D eigenvalue weighted by Crippen LogP contribution is -2.42. The van der Waals surface area contributed by atoms with Crippen LogP contribution in [0.2, 0.25) is 0 Å². The van der Waals surface area contributed by atoms with Gasteiger partial charge in [0.15, 0.2) is 0 Å². The Morgan fingerprint density at radius 3 is 2.69 bits per heavy atom. The van der Waals surface area contributed by atoms with Crippen molar-refractivity contribution in [1.29, 1.82) is 0 Å². The van der Waals surface area contributed by atoms with E-state index in [4.69, 9.17) is 4.74 Å². The second kappa shape index (κ2) is 7.90. The van der Waals surface area contributed by atoms with Crippen LogP contribution in [0.1, 0.15) is 12.8 Å². The number of benzene rings is 2. The van der Waals surface area contributed by atoms with Gasteiger partial charge in [-0.1, -0.05) is 30.3 Å². The van der Waals surface area contributed by atoms with E-state index in [1.165, 1.54) is 25.0 Å². The number of methoxy groups -OCH3 is 1. The smallest absolute Gasteiger partial charge is 0.249 e. The maximum Gasteiger partial charge on any atom is 0.249 e. The Kier molecular flexibility index (Phi) is 5.05. The SMILES string of the molecule is COc1cc2ncnc(-c3cnsc3-c3ccccc3)c2cc1NC(=O)C1CC(F)(F)C1. The van der Waals surface area contributed by atoms with Crippen LogP contribution in [0.25, 0.3) is 32.6 Å². The number of anilines is 1. The van der Waals surface area contributed by atoms with Gasteiger partial charge in [-0.15, -0.1) is 0 Å². The van der Waals surface area contributed by atoms with Crippen LogP contribution in [-0.4, -0.2) is 33.3 Å². The highest BCUT2D eigenvalue weighted by molar-refractivity contribution is 7.10. The van der Waals surface area contributed by atoms with Crippen LogP contribution in [0.4, 0.5) is 14.5 Å². The molecular weight excluding hydrogens is 434 g/mol. The molecule has 0 unspecified atom stereocenters. The third-order valence-corrected chi connectivity index (χ3v) is 6.39. The molecular formula is C23H18F2N4O2S. The Morgan fingerprint density at radius 2 is 1.97 bits per heavy atom. The molecule has 2 heterocycles. The summed E-state index contributed by atoms with van der Waals surface area (Å²) >= 11 is 1.37. The van der Waals surface area contributed by atoms with Crippen LogP contribution in [0.3, 0.4) is 0 Å². The first-order chi connectivity index (χ1) is 15.4. The fourth-order valence-electron chi connectivity index (χ4n) is 3.85. The summed E-state index contributed by atoms with van der Waals surface area (Å²) < 4.78 is 36.2. The molecule has 1 fully saturated rings. The van der Waals surface area contributed by atoms with E-state index >= 15 is 0 Å². The lowest BCUT2D eigenvalue weighted by molar-refractivity contribution is -0.145. The predicted octanol–water partition coefficient (Wildman–Crippen LogP) is 5.41. The number of fused-ring (bicyclic) bond motifs is 1. The summed E-state index contributed by atoms with van der Waals surface area (Å²) in [5, 5.41) is 3.44. The molecule has 0 atom stereocenters. The molecule has 0 radical (unpaired) electrons. The predicted molar refractivity (Wildman–Crippen MR) is 119 cm³/mol. The Bertz CT molecular complexity index is 1300. The Balaban J connectivity index is 1.57. The quantitative estimate of drug-likeness (QED) is 0.438. The molecule has 1 aliphatic rings. The van der Waals surface area contributed by atoms with E-state index < -0.39 is 30.6 Å². The Hall–Kier alpha value is -3.46. The van der Waals surface area contributed by atoms with Gasteiger partial charge in [0, 0.05) is 35.8 Å². The van der Waals surface area contributed by atoms with Crippen LogP contribution >= 0.6 is 11.5 Å². The molecule has 0 bridgehead atoms. The maximum absolute atomic E-state index is 13.2. The van der Waals surface area contributed by atoms with Crippen LogP contribution in [0.5, 0.6) is 5.75 Å². The number of hydrogen-bond donors (Lipinski definition) is 1. The molecule has 0 aliphatic heterocycles. The average Bonchev–Trinajstić information content (AvgIpc) is 3.27. The molecule has 2 aromatic carbocycles. The van der Waals surface area contributed by atoms with Crippen LogP contribution in [0.15, 0.2) is 55.0 Å². The fraction of sp³-hybridized carbons (Fsp3) is 0.217. The van der Waals surface area contributed by atoms with Gasteiger partial charge < -0.3 is 10.1 Å². The zero-order chi connectivity index (χ0) is 22.3. The van der Waals surface area contributed by atoms with E-state index in [2.05, 4.69) is 19.7 Å². The van der Waals surface area contributed by atoms with Crippen molar-refractivity contribution in [2.45, 2.75) is 18.8 Å². The highest BCUT2D eigenvalue weighted by Gasteiger charge is 2.48. The molecule has 1 saturated carbocycles. The molecule has 4 aromatic rings. The molecule has 0 spiro atoms. The van der Waals surface area contributed by atoms with E-state index in [-0.39, 0.29) is 0 Å². The molecule has 5 rings (SSSR count). The van der Waals surface area contributed by atoms with Gasteiger partial charge in [-0.2, -0.15) is 4.37 Å². The van der Waals surface area contributed by atoms with E-state index in [0.717, 1.165) is 16.0 Å². The molecule has 2 aromatic heterocycles. The van der Waals surface area contributed by atoms with Crippen molar-refractivity contribution >= 4 is 34.0 Å². The molecule has 1 N–H and O–H groups in total. The van der Waals surface area contributed by atoms with E-state index in [1.807, 2.05) is 30.3 Å². The number of rotatable bonds is 5. The summed E-state index contributed by atoms with van der Waals surface area (Å²) in [6, 6.07) is 13.3. The molecule has 6 nitrogen and oxygen atoms in total. The number of nitrogens with zero attached hydrogens (tertiary/aromatic N) is 3. The van der Waals surface area contributed by atoms with Crippen molar-refractivity contribution < 1.29 is 18.3 Å². The lowest BCUT2D eigenvalue weighted by Gasteiger charge is -2.33. The monoisotopic (exact) mass is 452 g/mol. The third-order valence-electron chi connectivity index (χ3n) is 5.54. The number of amides is 1. The fourth-order valence-corrected chi connectivity index (χ4v) is 4.61. The summed E-state index contributed by atoms with van der Waals surface area (Å²) in [4.78, 5) is 22.3. The van der Waals surface area contributed by atoms with E-state index in [0.29, 0.717) is 28.0 Å². The van der Waals surface area contributed by atoms with E-state index in [9.17, 15) is 13.6 Å². The Labute approximate surface area is 186 Å². The number of nitrogens with one attached hydrogen (secondary N) is 1. The number of hydrogen-bond acceptors (Lipinski definition) is 6. The minimum atomic E-state index is -2.77. The summed E-state index contributed by atoms with van der Waals surface area (Å²) in [6.07, 6.45) is 2.35. The van der Waals surface area contributed by atoms with Gasteiger partial charge in [0.05, 0.1) is 35.1 Å². The van der Waals surface area contributed by atoms with Crippen LogP contribution in [-0.2, 0) is 4.79 Å². The second-order valence-corrected chi connectivity index (χ2v) is 8.48. The van der Waals surface area contributed by atoms with Crippen molar-refractivity contribution in [3.8, 4) is 27.4 Å². The molecule has 9 heteroatoms. The van der Waals surface area contributed by atoms with Gasteiger partial charge in [0.1, 0.15) is 12.1 Å². The van der Waals surface area contributed by atoms with Crippen molar-refractivity contribution in [1.82, 2.24) is 14.3 Å². The molecule has 32 heavy (non-hydrogen) atoms. The lowest BCUT2D eigenvalue weighted by atomic mass is 9.80. The molecule has 1 amide bonds. The standard InChI is InChI=1S/C23H18F2N4O2S/c1-31-19-8-17-15(7-18(19)29-22(30)14-9-23(24,25)10-14)20(27-12-26-17)16-11-28-32-21(16)13-5-3-2-4-6-13/h2-8,11-12,14H,9-10H2,1H3,(H,29,30).